The molecule has 1 aromatic heterocycles. The molecule has 0 fully saturated rings. The van der Waals surface area contributed by atoms with E-state index in [0.717, 1.165) is 22.1 Å². The highest BCUT2D eigenvalue weighted by molar-refractivity contribution is 5.96. The minimum Gasteiger partial charge on any atom is -0.452 e. The van der Waals surface area contributed by atoms with Gasteiger partial charge in [0.2, 0.25) is 5.56 Å². The lowest BCUT2D eigenvalue weighted by Crippen LogP contribution is -2.25. The van der Waals surface area contributed by atoms with Crippen LogP contribution in [-0.4, -0.2) is 29.9 Å². The number of rotatable bonds is 4. The van der Waals surface area contributed by atoms with E-state index in [4.69, 9.17) is 4.74 Å². The fourth-order valence-electron chi connectivity index (χ4n) is 2.84. The van der Waals surface area contributed by atoms with E-state index in [0.29, 0.717) is 11.3 Å². The monoisotopic (exact) mass is 348 g/mol. The summed E-state index contributed by atoms with van der Waals surface area (Å²) in [6.07, 6.45) is 0. The molecule has 0 saturated carbocycles. The number of benzene rings is 2. The molecule has 0 aliphatic carbocycles. The Hall–Kier alpha value is -3.34. The van der Waals surface area contributed by atoms with Crippen molar-refractivity contribution in [1.29, 1.82) is 0 Å². The maximum atomic E-state index is 12.1. The second kappa shape index (κ2) is 6.88. The van der Waals surface area contributed by atoms with Crippen LogP contribution in [0, 0.1) is 6.92 Å². The Kier molecular flexibility index (Phi) is 4.63. The number of nitrogens with one attached hydrogen (secondary N) is 1. The maximum Gasteiger partial charge on any atom is 0.288 e. The fourth-order valence-corrected chi connectivity index (χ4v) is 2.84. The number of ether oxygens (including phenoxy) is 1. The summed E-state index contributed by atoms with van der Waals surface area (Å²) in [5.41, 5.74) is 3.39. The quantitative estimate of drug-likeness (QED) is 0.580. The Morgan fingerprint density at radius 3 is 2.50 bits per heavy atom. The molecule has 0 unspecified atom stereocenters. The van der Waals surface area contributed by atoms with Gasteiger partial charge in [-0.15, -0.1) is 0 Å². The molecule has 0 saturated heterocycles. The average Bonchev–Trinajstić information content (AvgIpc) is 2.60. The second-order valence-electron chi connectivity index (χ2n) is 6.29. The molecule has 0 aliphatic heterocycles. The highest BCUT2D eigenvalue weighted by Gasteiger charge is 2.13. The molecule has 1 N–H and O–H groups in total. The summed E-state index contributed by atoms with van der Waals surface area (Å²) in [7, 11) is 3.26. The molecule has 132 valence electrons. The molecule has 1 amide bonds. The van der Waals surface area contributed by atoms with Crippen molar-refractivity contribution in [3.63, 3.8) is 0 Å². The van der Waals surface area contributed by atoms with Crippen molar-refractivity contribution < 1.29 is 9.53 Å². The lowest BCUT2D eigenvalue weighted by molar-refractivity contribution is -0.126. The number of amides is 1. The zero-order valence-corrected chi connectivity index (χ0v) is 15.0. The van der Waals surface area contributed by atoms with Crippen LogP contribution in [-0.2, 0) is 4.79 Å². The van der Waals surface area contributed by atoms with Crippen LogP contribution in [0.3, 0.4) is 0 Å². The number of nitrogens with zero attached hydrogens (tertiary/aromatic N) is 1. The molecule has 3 rings (SSSR count). The third kappa shape index (κ3) is 3.37. The third-order valence-electron chi connectivity index (χ3n) is 4.14. The van der Waals surface area contributed by atoms with E-state index in [1.165, 1.54) is 4.90 Å². The molecule has 0 radical (unpaired) electrons. The molecule has 26 heavy (non-hydrogen) atoms. The van der Waals surface area contributed by atoms with Gasteiger partial charge >= 0.3 is 0 Å². The molecule has 0 spiro atoms. The number of aromatic amines is 1. The van der Waals surface area contributed by atoms with Crippen LogP contribution in [0.15, 0.2) is 65.7 Å². The first kappa shape index (κ1) is 17.5. The van der Waals surface area contributed by atoms with Crippen molar-refractivity contribution in [3.05, 3.63) is 76.8 Å². The fraction of sp³-hybridized carbons (Fsp3) is 0.143. The summed E-state index contributed by atoms with van der Waals surface area (Å²) < 4.78 is 5.55. The van der Waals surface area contributed by atoms with E-state index in [2.05, 4.69) is 11.6 Å². The SMILES string of the molecule is C=C(Oc1ccc2c(-c3ccccc3C)cc(=O)[nH]c2c1)C(=O)N(C)C. The summed E-state index contributed by atoms with van der Waals surface area (Å²) in [5, 5.41) is 0.899. The molecule has 5 nitrogen and oxygen atoms in total. The van der Waals surface area contributed by atoms with Gasteiger partial charge in [0, 0.05) is 31.6 Å². The molecule has 0 bridgehead atoms. The number of aryl methyl sites for hydroxylation is 1. The maximum absolute atomic E-state index is 12.1. The van der Waals surface area contributed by atoms with Crippen LogP contribution in [0.25, 0.3) is 22.0 Å². The van der Waals surface area contributed by atoms with Gasteiger partial charge in [0.05, 0.1) is 5.52 Å². The van der Waals surface area contributed by atoms with Crippen LogP contribution in [0.1, 0.15) is 5.56 Å². The van der Waals surface area contributed by atoms with Gasteiger partial charge in [-0.25, -0.2) is 0 Å². The molecule has 0 aliphatic rings. The average molecular weight is 348 g/mol. The smallest absolute Gasteiger partial charge is 0.288 e. The third-order valence-corrected chi connectivity index (χ3v) is 4.14. The summed E-state index contributed by atoms with van der Waals surface area (Å²) >= 11 is 0. The number of hydrogen-bond donors (Lipinski definition) is 1. The number of hydrogen-bond acceptors (Lipinski definition) is 3. The molecule has 1 heterocycles. The van der Waals surface area contributed by atoms with Crippen molar-refractivity contribution in [3.8, 4) is 16.9 Å². The van der Waals surface area contributed by atoms with Crippen LogP contribution >= 0.6 is 0 Å². The van der Waals surface area contributed by atoms with Gasteiger partial charge in [0.25, 0.3) is 5.91 Å². The Balaban J connectivity index is 2.07. The van der Waals surface area contributed by atoms with Gasteiger partial charge in [-0.3, -0.25) is 9.59 Å². The molecular weight excluding hydrogens is 328 g/mol. The van der Waals surface area contributed by atoms with E-state index in [1.54, 1.807) is 32.3 Å². The van der Waals surface area contributed by atoms with Gasteiger partial charge < -0.3 is 14.6 Å². The molecule has 3 aromatic rings. The van der Waals surface area contributed by atoms with Crippen molar-refractivity contribution in [2.75, 3.05) is 14.1 Å². The van der Waals surface area contributed by atoms with Crippen LogP contribution in [0.5, 0.6) is 5.75 Å². The minimum atomic E-state index is -0.313. The number of carbonyl (C=O) groups excluding carboxylic acids is 1. The van der Waals surface area contributed by atoms with E-state index in [-0.39, 0.29) is 17.2 Å². The van der Waals surface area contributed by atoms with Crippen molar-refractivity contribution in [1.82, 2.24) is 9.88 Å². The number of aromatic nitrogens is 1. The summed E-state index contributed by atoms with van der Waals surface area (Å²) in [6.45, 7) is 5.67. The molecule has 2 aromatic carbocycles. The lowest BCUT2D eigenvalue weighted by Gasteiger charge is -2.14. The lowest BCUT2D eigenvalue weighted by atomic mass is 9.97. The van der Waals surface area contributed by atoms with Gasteiger partial charge in [0.15, 0.2) is 5.76 Å². The second-order valence-corrected chi connectivity index (χ2v) is 6.29. The zero-order chi connectivity index (χ0) is 18.8. The van der Waals surface area contributed by atoms with Gasteiger partial charge in [0.1, 0.15) is 5.75 Å². The Bertz CT molecular complexity index is 1060. The largest absolute Gasteiger partial charge is 0.452 e. The zero-order valence-electron chi connectivity index (χ0n) is 15.0. The summed E-state index contributed by atoms with van der Waals surface area (Å²) in [4.78, 5) is 28.2. The molecule has 0 atom stereocenters. The molecular formula is C21H20N2O3. The van der Waals surface area contributed by atoms with Crippen molar-refractivity contribution >= 4 is 16.8 Å². The number of H-pyrrole nitrogens is 1. The van der Waals surface area contributed by atoms with E-state index in [1.807, 2.05) is 37.3 Å². The summed E-state index contributed by atoms with van der Waals surface area (Å²) in [5.74, 6) is 0.147. The van der Waals surface area contributed by atoms with E-state index < -0.39 is 0 Å². The van der Waals surface area contributed by atoms with E-state index >= 15 is 0 Å². The van der Waals surface area contributed by atoms with Crippen LogP contribution < -0.4 is 10.3 Å². The van der Waals surface area contributed by atoms with Crippen molar-refractivity contribution in [2.24, 2.45) is 0 Å². The number of pyridine rings is 1. The van der Waals surface area contributed by atoms with Crippen LogP contribution in [0.4, 0.5) is 0 Å². The first-order chi connectivity index (χ1) is 12.4. The highest BCUT2D eigenvalue weighted by atomic mass is 16.5. The Morgan fingerprint density at radius 2 is 1.81 bits per heavy atom. The van der Waals surface area contributed by atoms with Crippen LogP contribution in [0.2, 0.25) is 0 Å². The minimum absolute atomic E-state index is 0.0201. The Morgan fingerprint density at radius 1 is 1.08 bits per heavy atom. The normalized spacial score (nSPS) is 10.6. The number of likely N-dealkylation sites (N-methyl/N-ethyl adjacent to an activating group) is 1. The summed E-state index contributed by atoms with van der Waals surface area (Å²) in [6, 6.07) is 14.8. The van der Waals surface area contributed by atoms with Gasteiger partial charge in [-0.2, -0.15) is 0 Å². The first-order valence-corrected chi connectivity index (χ1v) is 8.18. The standard InChI is InChI=1S/C21H20N2O3/c1-13-7-5-6-8-16(13)18-12-20(24)22-19-11-15(9-10-17(18)19)26-14(2)21(25)23(3)4/h5-12H,2H2,1,3-4H3,(H,22,24). The van der Waals surface area contributed by atoms with Gasteiger partial charge in [-0.05, 0) is 35.7 Å². The Labute approximate surface area is 151 Å². The van der Waals surface area contributed by atoms with Crippen molar-refractivity contribution in [2.45, 2.75) is 6.92 Å². The molecule has 5 heteroatoms. The number of fused-ring (bicyclic) bond motifs is 1. The highest BCUT2D eigenvalue weighted by Crippen LogP contribution is 2.30. The topological polar surface area (TPSA) is 62.4 Å². The first-order valence-electron chi connectivity index (χ1n) is 8.18. The predicted molar refractivity (Wildman–Crippen MR) is 103 cm³/mol. The van der Waals surface area contributed by atoms with E-state index in [9.17, 15) is 9.59 Å². The number of carbonyl (C=O) groups is 1. The van der Waals surface area contributed by atoms with Gasteiger partial charge in [-0.1, -0.05) is 30.8 Å². The predicted octanol–water partition coefficient (Wildman–Crippen LogP) is 3.48.